The zero-order valence-corrected chi connectivity index (χ0v) is 17.5. The van der Waals surface area contributed by atoms with Gasteiger partial charge in [0.2, 0.25) is 5.91 Å². The molecular weight excluding hydrogens is 421 g/mol. The predicted octanol–water partition coefficient (Wildman–Crippen LogP) is 5.24. The fourth-order valence-corrected chi connectivity index (χ4v) is 2.74. The molecule has 0 aliphatic carbocycles. The minimum atomic E-state index is -4.46. The topological polar surface area (TPSA) is 59.9 Å². The molecule has 0 aliphatic rings. The van der Waals surface area contributed by atoms with Gasteiger partial charge in [0.25, 0.3) is 0 Å². The molecule has 1 amide bonds. The summed E-state index contributed by atoms with van der Waals surface area (Å²) in [4.78, 5) is 12.0. The summed E-state index contributed by atoms with van der Waals surface area (Å²) in [5, 5.41) is 4.16. The molecule has 5 nitrogen and oxygen atoms in total. The molecule has 2 aromatic carbocycles. The third-order valence-electron chi connectivity index (χ3n) is 4.17. The Bertz CT molecular complexity index is 917. The first-order chi connectivity index (χ1) is 14.1. The Morgan fingerprint density at radius 1 is 1.30 bits per heavy atom. The summed E-state index contributed by atoms with van der Waals surface area (Å²) in [6, 6.07) is 7.83. The number of benzene rings is 2. The van der Waals surface area contributed by atoms with Crippen LogP contribution in [0.15, 0.2) is 41.5 Å². The van der Waals surface area contributed by atoms with E-state index in [0.29, 0.717) is 22.1 Å². The van der Waals surface area contributed by atoms with Crippen molar-refractivity contribution < 1.29 is 27.4 Å². The summed E-state index contributed by atoms with van der Waals surface area (Å²) < 4.78 is 49.3. The number of hydrogen-bond donors (Lipinski definition) is 1. The second-order valence-electron chi connectivity index (χ2n) is 6.54. The maximum Gasteiger partial charge on any atom is 0.416 e. The van der Waals surface area contributed by atoms with Crippen LogP contribution in [-0.4, -0.2) is 25.3 Å². The quantitative estimate of drug-likeness (QED) is 0.449. The summed E-state index contributed by atoms with van der Waals surface area (Å²) in [6.07, 6.45) is -2.61. The summed E-state index contributed by atoms with van der Waals surface area (Å²) >= 11 is 6.27. The van der Waals surface area contributed by atoms with Crippen molar-refractivity contribution in [2.24, 2.45) is 5.10 Å². The lowest BCUT2D eigenvalue weighted by atomic mass is 10.1. The fourth-order valence-electron chi connectivity index (χ4n) is 2.47. The number of amides is 1. The number of halogens is 4. The number of carbonyl (C=O) groups excluding carboxylic acids is 1. The van der Waals surface area contributed by atoms with Gasteiger partial charge in [0, 0.05) is 0 Å². The molecule has 0 aromatic heterocycles. The van der Waals surface area contributed by atoms with Crippen LogP contribution < -0.4 is 14.9 Å². The van der Waals surface area contributed by atoms with Crippen LogP contribution in [0.1, 0.15) is 37.0 Å². The average Bonchev–Trinajstić information content (AvgIpc) is 2.69. The van der Waals surface area contributed by atoms with Crippen LogP contribution in [0.3, 0.4) is 0 Å². The maximum absolute atomic E-state index is 12.8. The number of nitrogens with one attached hydrogen (secondary N) is 1. The number of hydrogen-bond acceptors (Lipinski definition) is 4. The highest BCUT2D eigenvalue weighted by Crippen LogP contribution is 2.37. The van der Waals surface area contributed by atoms with Crippen molar-refractivity contribution in [3.05, 3.63) is 58.1 Å². The number of methoxy groups -OCH3 is 1. The number of rotatable bonds is 8. The first-order valence-corrected chi connectivity index (χ1v) is 9.54. The van der Waals surface area contributed by atoms with E-state index in [0.717, 1.165) is 18.6 Å². The van der Waals surface area contributed by atoms with Gasteiger partial charge >= 0.3 is 6.18 Å². The lowest BCUT2D eigenvalue weighted by Crippen LogP contribution is -2.20. The molecule has 1 N–H and O–H groups in total. The Morgan fingerprint density at radius 2 is 2.03 bits per heavy atom. The second-order valence-corrected chi connectivity index (χ2v) is 6.95. The molecule has 0 heterocycles. The Labute approximate surface area is 177 Å². The standard InChI is InChI=1S/C21H22ClF3N2O3/c1-4-13(2)30-20-17(22)9-15(10-18(20)29-3)12-26-27-19(28)11-14-6-5-7-16(8-14)21(23,24)25/h5-10,12-13H,4,11H2,1-3H3,(H,27,28)/b26-12+/t13-/m1/s1. The van der Waals surface area contributed by atoms with Crippen LogP contribution in [0, 0.1) is 0 Å². The van der Waals surface area contributed by atoms with Crippen molar-refractivity contribution in [3.8, 4) is 11.5 Å². The number of ether oxygens (including phenoxy) is 2. The van der Waals surface area contributed by atoms with Gasteiger partial charge in [-0.25, -0.2) is 5.43 Å². The Hall–Kier alpha value is -2.74. The molecule has 9 heteroatoms. The summed E-state index contributed by atoms with van der Waals surface area (Å²) in [6.45, 7) is 3.89. The van der Waals surface area contributed by atoms with Crippen LogP contribution in [-0.2, 0) is 17.4 Å². The zero-order valence-electron chi connectivity index (χ0n) is 16.7. The Kier molecular flexibility index (Phi) is 8.11. The highest BCUT2D eigenvalue weighted by atomic mass is 35.5. The van der Waals surface area contributed by atoms with E-state index in [9.17, 15) is 18.0 Å². The van der Waals surface area contributed by atoms with Gasteiger partial charge in [-0.2, -0.15) is 18.3 Å². The van der Waals surface area contributed by atoms with Crippen LogP contribution in [0.5, 0.6) is 11.5 Å². The molecule has 0 fully saturated rings. The van der Waals surface area contributed by atoms with Crippen LogP contribution in [0.2, 0.25) is 5.02 Å². The molecule has 2 aromatic rings. The summed E-state index contributed by atoms with van der Waals surface area (Å²) in [7, 11) is 1.48. The monoisotopic (exact) mass is 442 g/mol. The number of nitrogens with zero attached hydrogens (tertiary/aromatic N) is 1. The van der Waals surface area contributed by atoms with Crippen molar-refractivity contribution in [2.75, 3.05) is 7.11 Å². The van der Waals surface area contributed by atoms with E-state index in [1.165, 1.54) is 25.5 Å². The second kappa shape index (κ2) is 10.3. The Balaban J connectivity index is 2.04. The third-order valence-corrected chi connectivity index (χ3v) is 4.45. The van der Waals surface area contributed by atoms with E-state index in [2.05, 4.69) is 10.5 Å². The number of alkyl halides is 3. The van der Waals surface area contributed by atoms with Gasteiger partial charge in [0.15, 0.2) is 11.5 Å². The van der Waals surface area contributed by atoms with Crippen molar-refractivity contribution in [2.45, 2.75) is 39.0 Å². The summed E-state index contributed by atoms with van der Waals surface area (Å²) in [5.74, 6) is 0.277. The van der Waals surface area contributed by atoms with E-state index in [1.807, 2.05) is 13.8 Å². The molecule has 0 unspecified atom stereocenters. The van der Waals surface area contributed by atoms with E-state index in [-0.39, 0.29) is 18.1 Å². The van der Waals surface area contributed by atoms with Crippen molar-refractivity contribution >= 4 is 23.7 Å². The molecule has 0 saturated heterocycles. The molecule has 2 rings (SSSR count). The molecule has 0 spiro atoms. The normalized spacial score (nSPS) is 12.6. The fraction of sp³-hybridized carbons (Fsp3) is 0.333. The molecule has 162 valence electrons. The van der Waals surface area contributed by atoms with E-state index in [4.69, 9.17) is 21.1 Å². The van der Waals surface area contributed by atoms with Crippen LogP contribution in [0.4, 0.5) is 13.2 Å². The van der Waals surface area contributed by atoms with Gasteiger partial charge in [-0.3, -0.25) is 4.79 Å². The average molecular weight is 443 g/mol. The molecule has 30 heavy (non-hydrogen) atoms. The van der Waals surface area contributed by atoms with Crippen molar-refractivity contribution in [1.29, 1.82) is 0 Å². The largest absolute Gasteiger partial charge is 0.493 e. The van der Waals surface area contributed by atoms with Crippen LogP contribution >= 0.6 is 11.6 Å². The number of hydrazone groups is 1. The highest BCUT2D eigenvalue weighted by molar-refractivity contribution is 6.32. The van der Waals surface area contributed by atoms with Gasteiger partial charge in [0.05, 0.1) is 36.4 Å². The minimum Gasteiger partial charge on any atom is -0.493 e. The predicted molar refractivity (Wildman–Crippen MR) is 109 cm³/mol. The molecule has 0 aliphatic heterocycles. The molecule has 0 bridgehead atoms. The minimum absolute atomic E-state index is 0.0500. The van der Waals surface area contributed by atoms with Gasteiger partial charge in [0.1, 0.15) is 0 Å². The highest BCUT2D eigenvalue weighted by Gasteiger charge is 2.30. The zero-order chi connectivity index (χ0) is 22.3. The molecule has 1 atom stereocenters. The van der Waals surface area contributed by atoms with Gasteiger partial charge in [-0.15, -0.1) is 0 Å². The Morgan fingerprint density at radius 3 is 2.67 bits per heavy atom. The van der Waals surface area contributed by atoms with Gasteiger partial charge in [-0.05, 0) is 42.7 Å². The first kappa shape index (κ1) is 23.5. The maximum atomic E-state index is 12.8. The lowest BCUT2D eigenvalue weighted by Gasteiger charge is -2.17. The van der Waals surface area contributed by atoms with Crippen molar-refractivity contribution in [3.63, 3.8) is 0 Å². The number of carbonyl (C=O) groups is 1. The SMILES string of the molecule is CC[C@@H](C)Oc1c(Cl)cc(/C=N/NC(=O)Cc2cccc(C(F)(F)F)c2)cc1OC. The third kappa shape index (κ3) is 6.66. The smallest absolute Gasteiger partial charge is 0.416 e. The van der Waals surface area contributed by atoms with Gasteiger partial charge in [-0.1, -0.05) is 36.7 Å². The summed E-state index contributed by atoms with van der Waals surface area (Å²) in [5.41, 5.74) is 2.26. The van der Waals surface area contributed by atoms with E-state index < -0.39 is 17.6 Å². The van der Waals surface area contributed by atoms with Gasteiger partial charge < -0.3 is 9.47 Å². The first-order valence-electron chi connectivity index (χ1n) is 9.16. The van der Waals surface area contributed by atoms with E-state index in [1.54, 1.807) is 12.1 Å². The molecule has 0 radical (unpaired) electrons. The molecule has 0 saturated carbocycles. The molecular formula is C21H22ClF3N2O3. The lowest BCUT2D eigenvalue weighted by molar-refractivity contribution is -0.137. The van der Waals surface area contributed by atoms with Crippen molar-refractivity contribution in [1.82, 2.24) is 5.43 Å². The van der Waals surface area contributed by atoms with Crippen LogP contribution in [0.25, 0.3) is 0 Å². The van der Waals surface area contributed by atoms with E-state index >= 15 is 0 Å².